The molecule has 0 aliphatic carbocycles. The van der Waals surface area contributed by atoms with E-state index in [-0.39, 0.29) is 16.7 Å². The maximum Gasteiger partial charge on any atom is 0.513 e. The summed E-state index contributed by atoms with van der Waals surface area (Å²) in [6.45, 7) is 0. The molecule has 0 spiro atoms. The summed E-state index contributed by atoms with van der Waals surface area (Å²) >= 11 is -2.72. The Labute approximate surface area is 152 Å². The van der Waals surface area contributed by atoms with Crippen molar-refractivity contribution < 1.29 is 36.2 Å². The van der Waals surface area contributed by atoms with E-state index in [1.165, 1.54) is 7.05 Å². The highest BCUT2D eigenvalue weighted by atomic mass is 32.2. The summed E-state index contributed by atoms with van der Waals surface area (Å²) in [4.78, 5) is 23.7. The molecule has 8 nitrogen and oxygen atoms in total. The summed E-state index contributed by atoms with van der Waals surface area (Å²) < 4.78 is 71.0. The van der Waals surface area contributed by atoms with Gasteiger partial charge in [0.15, 0.2) is 0 Å². The van der Waals surface area contributed by atoms with Gasteiger partial charge in [-0.3, -0.25) is 9.00 Å². The third kappa shape index (κ3) is 4.71. The van der Waals surface area contributed by atoms with Gasteiger partial charge in [0.25, 0.3) is 0 Å². The van der Waals surface area contributed by atoms with Crippen LogP contribution in [0, 0.1) is 0 Å². The van der Waals surface area contributed by atoms with Gasteiger partial charge in [-0.1, -0.05) is 17.1 Å². The third-order valence-corrected chi connectivity index (χ3v) is 3.99. The topological polar surface area (TPSA) is 111 Å². The Bertz CT molecular complexity index is 958. The van der Waals surface area contributed by atoms with E-state index in [0.717, 1.165) is 24.1 Å². The van der Waals surface area contributed by atoms with Gasteiger partial charge in [-0.15, -0.1) is 0 Å². The molecule has 0 aliphatic rings. The molecule has 0 amide bonds. The minimum atomic E-state index is -4.70. The Hall–Kier alpha value is -2.73. The standard InChI is InChI=1S/C15H13F3N2O6S/c1-20-13(21)12(26-14(22)25-2)11(6-19-20)10-4-3-9(15(16,17)18)5-8(10)7-27(23)24/h3-6H,7H2,1-2H3,(H,23,24)/p-1. The first-order valence-electron chi connectivity index (χ1n) is 7.13. The predicted molar refractivity (Wildman–Crippen MR) is 85.6 cm³/mol. The number of alkyl halides is 3. The summed E-state index contributed by atoms with van der Waals surface area (Å²) in [6.07, 6.45) is -4.87. The first kappa shape index (κ1) is 20.6. The van der Waals surface area contributed by atoms with Gasteiger partial charge in [0, 0.05) is 12.8 Å². The van der Waals surface area contributed by atoms with Crippen molar-refractivity contribution in [1.82, 2.24) is 9.78 Å². The Morgan fingerprint density at radius 3 is 2.56 bits per heavy atom. The number of aryl methyl sites for hydroxylation is 1. The lowest BCUT2D eigenvalue weighted by Gasteiger charge is -2.16. The number of nitrogens with zero attached hydrogens (tertiary/aromatic N) is 2. The van der Waals surface area contributed by atoms with Gasteiger partial charge in [0.1, 0.15) is 0 Å². The number of methoxy groups -OCH3 is 1. The molecule has 2 rings (SSSR count). The quantitative estimate of drug-likeness (QED) is 0.565. The lowest BCUT2D eigenvalue weighted by Crippen LogP contribution is -2.24. The lowest BCUT2D eigenvalue weighted by atomic mass is 9.99. The Kier molecular flexibility index (Phi) is 6.01. The van der Waals surface area contributed by atoms with Crippen LogP contribution in [0.15, 0.2) is 29.2 Å². The molecule has 0 bridgehead atoms. The lowest BCUT2D eigenvalue weighted by molar-refractivity contribution is -0.137. The minimum Gasteiger partial charge on any atom is -0.772 e. The van der Waals surface area contributed by atoms with Crippen molar-refractivity contribution in [3.8, 4) is 16.9 Å². The number of rotatable bonds is 4. The first-order valence-corrected chi connectivity index (χ1v) is 8.37. The molecule has 1 atom stereocenters. The number of benzene rings is 1. The predicted octanol–water partition coefficient (Wildman–Crippen LogP) is 1.99. The van der Waals surface area contributed by atoms with Crippen LogP contribution in [0.5, 0.6) is 5.75 Å². The number of hydrogen-bond donors (Lipinski definition) is 0. The molecule has 0 aliphatic heterocycles. The number of carbonyl (C=O) groups is 1. The molecule has 1 heterocycles. The van der Waals surface area contributed by atoms with Crippen LogP contribution in [0.3, 0.4) is 0 Å². The molecule has 146 valence electrons. The van der Waals surface area contributed by atoms with E-state index >= 15 is 0 Å². The molecule has 27 heavy (non-hydrogen) atoms. The van der Waals surface area contributed by atoms with Gasteiger partial charge in [0.2, 0.25) is 5.75 Å². The summed E-state index contributed by atoms with van der Waals surface area (Å²) in [5, 5.41) is 3.74. The molecule has 0 saturated heterocycles. The van der Waals surface area contributed by atoms with Gasteiger partial charge >= 0.3 is 17.9 Å². The smallest absolute Gasteiger partial charge is 0.513 e. The number of aromatic nitrogens is 2. The van der Waals surface area contributed by atoms with E-state index in [4.69, 9.17) is 4.74 Å². The first-order chi connectivity index (χ1) is 12.5. The van der Waals surface area contributed by atoms with E-state index in [0.29, 0.717) is 12.1 Å². The van der Waals surface area contributed by atoms with Gasteiger partial charge < -0.3 is 14.0 Å². The van der Waals surface area contributed by atoms with E-state index in [1.807, 2.05) is 0 Å². The van der Waals surface area contributed by atoms with Crippen LogP contribution in [0.4, 0.5) is 18.0 Å². The minimum absolute atomic E-state index is 0.0590. The Morgan fingerprint density at radius 1 is 1.33 bits per heavy atom. The fraction of sp³-hybridized carbons (Fsp3) is 0.267. The zero-order valence-corrected chi connectivity index (χ0v) is 14.7. The summed E-state index contributed by atoms with van der Waals surface area (Å²) in [5.41, 5.74) is -2.40. The zero-order chi connectivity index (χ0) is 20.4. The maximum atomic E-state index is 12.9. The molecule has 0 fully saturated rings. The van der Waals surface area contributed by atoms with Crippen molar-refractivity contribution in [1.29, 1.82) is 0 Å². The van der Waals surface area contributed by atoms with Crippen LogP contribution < -0.4 is 10.3 Å². The zero-order valence-electron chi connectivity index (χ0n) is 13.9. The summed E-state index contributed by atoms with van der Waals surface area (Å²) in [7, 11) is 2.26. The normalized spacial score (nSPS) is 12.5. The fourth-order valence-corrected chi connectivity index (χ4v) is 2.71. The van der Waals surface area contributed by atoms with E-state index < -0.39 is 46.0 Å². The molecule has 1 aromatic carbocycles. The van der Waals surface area contributed by atoms with Crippen LogP contribution in [-0.2, 0) is 34.8 Å². The molecule has 12 heteroatoms. The van der Waals surface area contributed by atoms with E-state index in [2.05, 4.69) is 9.84 Å². The molecule has 1 unspecified atom stereocenters. The Morgan fingerprint density at radius 2 is 2.00 bits per heavy atom. The second kappa shape index (κ2) is 7.88. The third-order valence-electron chi connectivity index (χ3n) is 3.44. The molecule has 0 saturated carbocycles. The number of carbonyl (C=O) groups excluding carboxylic acids is 1. The second-order valence-electron chi connectivity index (χ2n) is 5.19. The van der Waals surface area contributed by atoms with E-state index in [1.54, 1.807) is 0 Å². The van der Waals surface area contributed by atoms with Crippen molar-refractivity contribution in [3.63, 3.8) is 0 Å². The van der Waals surface area contributed by atoms with Crippen molar-refractivity contribution in [2.45, 2.75) is 11.9 Å². The average Bonchev–Trinajstić information content (AvgIpc) is 2.58. The van der Waals surface area contributed by atoms with Crippen molar-refractivity contribution in [2.75, 3.05) is 7.11 Å². The van der Waals surface area contributed by atoms with Gasteiger partial charge in [-0.2, -0.15) is 18.3 Å². The maximum absolute atomic E-state index is 12.9. The number of halogens is 3. The van der Waals surface area contributed by atoms with Gasteiger partial charge in [-0.05, 0) is 23.3 Å². The van der Waals surface area contributed by atoms with Crippen molar-refractivity contribution >= 4 is 17.2 Å². The molecular formula is C15H12F3N2O6S-. The van der Waals surface area contributed by atoms with Crippen LogP contribution in [0.2, 0.25) is 0 Å². The monoisotopic (exact) mass is 405 g/mol. The van der Waals surface area contributed by atoms with Crippen LogP contribution >= 0.6 is 0 Å². The molecule has 2 aromatic rings. The molecule has 1 aromatic heterocycles. The molecule has 0 radical (unpaired) electrons. The Balaban J connectivity index is 2.73. The largest absolute Gasteiger partial charge is 0.772 e. The van der Waals surface area contributed by atoms with Crippen LogP contribution in [0.1, 0.15) is 11.1 Å². The highest BCUT2D eigenvalue weighted by Gasteiger charge is 2.31. The average molecular weight is 405 g/mol. The SMILES string of the molecule is COC(=O)Oc1c(-c2ccc(C(F)(F)F)cc2CS(=O)[O-])cnn(C)c1=O. The van der Waals surface area contributed by atoms with Crippen molar-refractivity contribution in [3.05, 3.63) is 45.9 Å². The van der Waals surface area contributed by atoms with Gasteiger partial charge in [-0.25, -0.2) is 9.48 Å². The van der Waals surface area contributed by atoms with Crippen LogP contribution in [0.25, 0.3) is 11.1 Å². The van der Waals surface area contributed by atoms with E-state index in [9.17, 15) is 31.5 Å². The summed E-state index contributed by atoms with van der Waals surface area (Å²) in [6, 6.07) is 2.34. The summed E-state index contributed by atoms with van der Waals surface area (Å²) in [5.74, 6) is -1.32. The number of hydrogen-bond acceptors (Lipinski definition) is 7. The number of ether oxygens (including phenoxy) is 2. The molecule has 0 N–H and O–H groups in total. The fourth-order valence-electron chi connectivity index (χ4n) is 2.21. The van der Waals surface area contributed by atoms with Gasteiger partial charge in [0.05, 0.1) is 24.4 Å². The second-order valence-corrected chi connectivity index (χ2v) is 6.09. The van der Waals surface area contributed by atoms with Crippen LogP contribution in [-0.4, -0.2) is 31.8 Å². The highest BCUT2D eigenvalue weighted by molar-refractivity contribution is 7.78. The highest BCUT2D eigenvalue weighted by Crippen LogP contribution is 2.35. The molecular weight excluding hydrogens is 393 g/mol. The van der Waals surface area contributed by atoms with Crippen molar-refractivity contribution in [2.24, 2.45) is 7.05 Å².